The molecule has 1 aromatic carbocycles. The standard InChI is InChI=1S/C14H20N4S2/c1-15-13-16-17-14(20-13)19-12(9-10-18(2)3)11-7-5-4-6-8-11/h4-8,12H,9-10H2,1-3H3,(H,15,16). The van der Waals surface area contributed by atoms with E-state index in [1.54, 1.807) is 23.1 Å². The van der Waals surface area contributed by atoms with Crippen molar-refractivity contribution in [3.63, 3.8) is 0 Å². The van der Waals surface area contributed by atoms with Gasteiger partial charge in [0.1, 0.15) is 0 Å². The Morgan fingerprint density at radius 2 is 2.00 bits per heavy atom. The maximum atomic E-state index is 4.23. The molecule has 2 rings (SSSR count). The van der Waals surface area contributed by atoms with Crippen LogP contribution in [0.3, 0.4) is 0 Å². The van der Waals surface area contributed by atoms with E-state index in [0.29, 0.717) is 5.25 Å². The van der Waals surface area contributed by atoms with Crippen molar-refractivity contribution in [2.45, 2.75) is 16.0 Å². The Balaban J connectivity index is 2.09. The molecule has 0 saturated carbocycles. The van der Waals surface area contributed by atoms with E-state index < -0.39 is 0 Å². The molecule has 1 heterocycles. The lowest BCUT2D eigenvalue weighted by Gasteiger charge is -2.18. The van der Waals surface area contributed by atoms with Crippen LogP contribution < -0.4 is 5.32 Å². The molecule has 0 fully saturated rings. The van der Waals surface area contributed by atoms with E-state index >= 15 is 0 Å². The van der Waals surface area contributed by atoms with Gasteiger partial charge in [0.05, 0.1) is 0 Å². The number of nitrogens with zero attached hydrogens (tertiary/aromatic N) is 3. The molecule has 1 N–H and O–H groups in total. The van der Waals surface area contributed by atoms with Crippen LogP contribution in [0.5, 0.6) is 0 Å². The molecule has 0 radical (unpaired) electrons. The normalized spacial score (nSPS) is 12.6. The summed E-state index contributed by atoms with van der Waals surface area (Å²) < 4.78 is 1.02. The molecule has 1 unspecified atom stereocenters. The first-order valence-electron chi connectivity index (χ1n) is 6.56. The van der Waals surface area contributed by atoms with Crippen molar-refractivity contribution in [3.05, 3.63) is 35.9 Å². The molecule has 4 nitrogen and oxygen atoms in total. The summed E-state index contributed by atoms with van der Waals surface area (Å²) in [6.07, 6.45) is 1.09. The van der Waals surface area contributed by atoms with Gasteiger partial charge in [-0.3, -0.25) is 0 Å². The molecule has 2 aromatic rings. The predicted molar refractivity (Wildman–Crippen MR) is 87.7 cm³/mol. The first kappa shape index (κ1) is 15.3. The van der Waals surface area contributed by atoms with Crippen LogP contribution in [-0.4, -0.2) is 42.8 Å². The van der Waals surface area contributed by atoms with E-state index in [4.69, 9.17) is 0 Å². The Morgan fingerprint density at radius 3 is 2.60 bits per heavy atom. The van der Waals surface area contributed by atoms with Crippen molar-refractivity contribution < 1.29 is 0 Å². The van der Waals surface area contributed by atoms with Crippen molar-refractivity contribution in [1.29, 1.82) is 0 Å². The van der Waals surface area contributed by atoms with Gasteiger partial charge < -0.3 is 10.2 Å². The highest BCUT2D eigenvalue weighted by Gasteiger charge is 2.16. The molecule has 0 saturated heterocycles. The minimum Gasteiger partial charge on any atom is -0.363 e. The zero-order chi connectivity index (χ0) is 14.4. The Morgan fingerprint density at radius 1 is 1.25 bits per heavy atom. The number of thioether (sulfide) groups is 1. The van der Waals surface area contributed by atoms with Crippen LogP contribution in [0.25, 0.3) is 0 Å². The number of anilines is 1. The fourth-order valence-corrected chi connectivity index (χ4v) is 3.87. The summed E-state index contributed by atoms with van der Waals surface area (Å²) in [5, 5.41) is 12.7. The Labute approximate surface area is 128 Å². The maximum absolute atomic E-state index is 4.23. The summed E-state index contributed by atoms with van der Waals surface area (Å²) in [6, 6.07) is 10.6. The Hall–Kier alpha value is -1.11. The van der Waals surface area contributed by atoms with Gasteiger partial charge in [-0.15, -0.1) is 10.2 Å². The smallest absolute Gasteiger partial charge is 0.206 e. The van der Waals surface area contributed by atoms with Gasteiger partial charge in [-0.05, 0) is 32.6 Å². The van der Waals surface area contributed by atoms with Crippen molar-refractivity contribution in [1.82, 2.24) is 15.1 Å². The van der Waals surface area contributed by atoms with E-state index in [1.165, 1.54) is 5.56 Å². The number of aromatic nitrogens is 2. The molecule has 20 heavy (non-hydrogen) atoms. The fourth-order valence-electron chi connectivity index (χ4n) is 1.82. The van der Waals surface area contributed by atoms with Gasteiger partial charge >= 0.3 is 0 Å². The quantitative estimate of drug-likeness (QED) is 0.794. The lowest BCUT2D eigenvalue weighted by molar-refractivity contribution is 0.399. The average Bonchev–Trinajstić information content (AvgIpc) is 2.92. The summed E-state index contributed by atoms with van der Waals surface area (Å²) in [7, 11) is 6.09. The average molecular weight is 308 g/mol. The van der Waals surface area contributed by atoms with E-state index in [0.717, 1.165) is 22.4 Å². The molecule has 0 aliphatic carbocycles. The van der Waals surface area contributed by atoms with Crippen LogP contribution >= 0.6 is 23.1 Å². The minimum atomic E-state index is 0.413. The summed E-state index contributed by atoms with van der Waals surface area (Å²) in [5.74, 6) is 0. The minimum absolute atomic E-state index is 0.413. The summed E-state index contributed by atoms with van der Waals surface area (Å²) in [6.45, 7) is 1.06. The second-order valence-corrected chi connectivity index (χ2v) is 7.16. The summed E-state index contributed by atoms with van der Waals surface area (Å²) >= 11 is 3.40. The van der Waals surface area contributed by atoms with Crippen LogP contribution in [0.4, 0.5) is 5.13 Å². The molecule has 0 bridgehead atoms. The number of hydrogen-bond acceptors (Lipinski definition) is 6. The SMILES string of the molecule is CNc1nnc(SC(CCN(C)C)c2ccccc2)s1. The molecule has 1 aromatic heterocycles. The second-order valence-electron chi connectivity index (χ2n) is 4.73. The van der Waals surface area contributed by atoms with Gasteiger partial charge in [-0.25, -0.2) is 0 Å². The third-order valence-electron chi connectivity index (χ3n) is 2.87. The zero-order valence-electron chi connectivity index (χ0n) is 12.0. The van der Waals surface area contributed by atoms with Gasteiger partial charge in [0.25, 0.3) is 0 Å². The molecule has 6 heteroatoms. The monoisotopic (exact) mass is 308 g/mol. The third-order valence-corrected chi connectivity index (χ3v) is 5.22. The number of benzene rings is 1. The topological polar surface area (TPSA) is 41.1 Å². The number of hydrogen-bond donors (Lipinski definition) is 1. The molecule has 108 valence electrons. The second kappa shape index (κ2) is 7.61. The number of nitrogens with one attached hydrogen (secondary N) is 1. The van der Waals surface area contributed by atoms with Crippen LogP contribution in [0.1, 0.15) is 17.2 Å². The van der Waals surface area contributed by atoms with E-state index in [1.807, 2.05) is 7.05 Å². The van der Waals surface area contributed by atoms with Crippen molar-refractivity contribution in [2.24, 2.45) is 0 Å². The van der Waals surface area contributed by atoms with Gasteiger partial charge in [-0.2, -0.15) is 0 Å². The number of rotatable bonds is 7. The summed E-state index contributed by atoms with van der Waals surface area (Å²) in [4.78, 5) is 2.22. The first-order chi connectivity index (χ1) is 9.69. The molecular weight excluding hydrogens is 288 g/mol. The van der Waals surface area contributed by atoms with Crippen LogP contribution in [0.2, 0.25) is 0 Å². The zero-order valence-corrected chi connectivity index (χ0v) is 13.7. The van der Waals surface area contributed by atoms with Crippen molar-refractivity contribution in [3.8, 4) is 0 Å². The van der Waals surface area contributed by atoms with Crippen molar-refractivity contribution >= 4 is 28.2 Å². The molecule has 0 amide bonds. The van der Waals surface area contributed by atoms with Gasteiger partial charge in [0, 0.05) is 12.3 Å². The maximum Gasteiger partial charge on any atom is 0.206 e. The van der Waals surface area contributed by atoms with E-state index in [9.17, 15) is 0 Å². The highest BCUT2D eigenvalue weighted by molar-refractivity contribution is 8.01. The van der Waals surface area contributed by atoms with Gasteiger partial charge in [-0.1, -0.05) is 53.4 Å². The lowest BCUT2D eigenvalue weighted by Crippen LogP contribution is -2.15. The highest BCUT2D eigenvalue weighted by Crippen LogP contribution is 2.39. The van der Waals surface area contributed by atoms with Gasteiger partial charge in [0.2, 0.25) is 5.13 Å². The van der Waals surface area contributed by atoms with E-state index in [-0.39, 0.29) is 0 Å². The van der Waals surface area contributed by atoms with Crippen LogP contribution in [0, 0.1) is 0 Å². The molecule has 0 aliphatic rings. The van der Waals surface area contributed by atoms with Crippen LogP contribution in [-0.2, 0) is 0 Å². The third kappa shape index (κ3) is 4.47. The molecule has 0 spiro atoms. The largest absolute Gasteiger partial charge is 0.363 e. The fraction of sp³-hybridized carbons (Fsp3) is 0.429. The van der Waals surface area contributed by atoms with E-state index in [2.05, 4.69) is 64.8 Å². The van der Waals surface area contributed by atoms with Crippen molar-refractivity contribution in [2.75, 3.05) is 33.0 Å². The predicted octanol–water partition coefficient (Wildman–Crippen LogP) is 3.36. The lowest BCUT2D eigenvalue weighted by atomic mass is 10.1. The Bertz CT molecular complexity index is 513. The summed E-state index contributed by atoms with van der Waals surface area (Å²) in [5.41, 5.74) is 1.35. The molecule has 0 aliphatic heterocycles. The first-order valence-corrected chi connectivity index (χ1v) is 8.26. The molecule has 1 atom stereocenters. The van der Waals surface area contributed by atoms with Crippen LogP contribution in [0.15, 0.2) is 34.7 Å². The van der Waals surface area contributed by atoms with Gasteiger partial charge in [0.15, 0.2) is 4.34 Å². The Kier molecular flexibility index (Phi) is 5.82. The highest BCUT2D eigenvalue weighted by atomic mass is 32.2. The molecular formula is C14H20N4S2.